The first-order valence-electron chi connectivity index (χ1n) is 5.41. The molecule has 1 aliphatic carbocycles. The molecule has 0 unspecified atom stereocenters. The van der Waals surface area contributed by atoms with Gasteiger partial charge in [-0.05, 0) is 42.9 Å². The lowest BCUT2D eigenvalue weighted by Crippen LogP contribution is -2.25. The largest absolute Gasteiger partial charge is 0.341 e. The molecule has 80 valence electrons. The highest BCUT2D eigenvalue weighted by Gasteiger charge is 2.13. The molecule has 15 heavy (non-hydrogen) atoms. The number of amides is 2. The van der Waals surface area contributed by atoms with Gasteiger partial charge in [-0.3, -0.25) is 0 Å². The smallest absolute Gasteiger partial charge is 0.318 e. The number of carbonyl (C=O) groups is 1. The second-order valence-electron chi connectivity index (χ2n) is 3.85. The zero-order valence-corrected chi connectivity index (χ0v) is 8.97. The maximum atomic E-state index is 11.2. The summed E-state index contributed by atoms with van der Waals surface area (Å²) in [6.07, 6.45) is 4.70. The summed E-state index contributed by atoms with van der Waals surface area (Å²) in [4.78, 5) is 11.2. The standard InChI is InChI=1S/C12H16N2O/c1-13-12(15)14-11-8-4-6-9-5-2-3-7-10(9)11/h4,6,8H,2-3,5,7H2,1H3,(H2,13,14,15). The minimum absolute atomic E-state index is 0.144. The van der Waals surface area contributed by atoms with E-state index in [2.05, 4.69) is 16.7 Å². The number of carbonyl (C=O) groups excluding carboxylic acids is 1. The van der Waals surface area contributed by atoms with Crippen molar-refractivity contribution in [2.75, 3.05) is 12.4 Å². The van der Waals surface area contributed by atoms with Crippen LogP contribution in [0.5, 0.6) is 0 Å². The van der Waals surface area contributed by atoms with Crippen LogP contribution in [0, 0.1) is 0 Å². The van der Waals surface area contributed by atoms with Crippen LogP contribution in [0.3, 0.4) is 0 Å². The average Bonchev–Trinajstić information content (AvgIpc) is 2.29. The molecule has 2 N–H and O–H groups in total. The number of aryl methyl sites for hydroxylation is 1. The van der Waals surface area contributed by atoms with Gasteiger partial charge >= 0.3 is 6.03 Å². The Balaban J connectivity index is 2.27. The van der Waals surface area contributed by atoms with Gasteiger partial charge in [-0.25, -0.2) is 4.79 Å². The van der Waals surface area contributed by atoms with E-state index in [-0.39, 0.29) is 6.03 Å². The number of nitrogens with one attached hydrogen (secondary N) is 2. The van der Waals surface area contributed by atoms with Crippen molar-refractivity contribution >= 4 is 11.7 Å². The third-order valence-electron chi connectivity index (χ3n) is 2.87. The number of urea groups is 1. The highest BCUT2D eigenvalue weighted by Crippen LogP contribution is 2.27. The first-order chi connectivity index (χ1) is 7.31. The monoisotopic (exact) mass is 204 g/mol. The molecule has 1 aromatic carbocycles. The fourth-order valence-corrected chi connectivity index (χ4v) is 2.08. The Hall–Kier alpha value is -1.51. The first-order valence-corrected chi connectivity index (χ1v) is 5.41. The van der Waals surface area contributed by atoms with Gasteiger partial charge in [-0.1, -0.05) is 12.1 Å². The summed E-state index contributed by atoms with van der Waals surface area (Å²) in [5.74, 6) is 0. The van der Waals surface area contributed by atoms with Crippen LogP contribution in [0.1, 0.15) is 24.0 Å². The molecular weight excluding hydrogens is 188 g/mol. The molecule has 0 radical (unpaired) electrons. The lowest BCUT2D eigenvalue weighted by Gasteiger charge is -2.19. The minimum Gasteiger partial charge on any atom is -0.341 e. The van der Waals surface area contributed by atoms with Crippen LogP contribution >= 0.6 is 0 Å². The number of rotatable bonds is 1. The van der Waals surface area contributed by atoms with Crippen molar-refractivity contribution in [3.8, 4) is 0 Å². The van der Waals surface area contributed by atoms with Gasteiger partial charge in [0.1, 0.15) is 0 Å². The molecule has 0 saturated carbocycles. The Labute approximate surface area is 89.9 Å². The lowest BCUT2D eigenvalue weighted by atomic mass is 9.90. The Morgan fingerprint density at radius 2 is 2.07 bits per heavy atom. The van der Waals surface area contributed by atoms with E-state index in [1.165, 1.54) is 24.0 Å². The van der Waals surface area contributed by atoms with Crippen LogP contribution < -0.4 is 10.6 Å². The minimum atomic E-state index is -0.144. The number of hydrogen-bond acceptors (Lipinski definition) is 1. The van der Waals surface area contributed by atoms with Gasteiger partial charge in [-0.15, -0.1) is 0 Å². The predicted molar refractivity (Wildman–Crippen MR) is 61.2 cm³/mol. The summed E-state index contributed by atoms with van der Waals surface area (Å²) in [5, 5.41) is 5.44. The van der Waals surface area contributed by atoms with Crippen LogP contribution in [0.4, 0.5) is 10.5 Å². The van der Waals surface area contributed by atoms with Crippen LogP contribution in [0.15, 0.2) is 18.2 Å². The molecule has 3 heteroatoms. The molecule has 2 amide bonds. The molecule has 0 bridgehead atoms. The van der Waals surface area contributed by atoms with E-state index in [4.69, 9.17) is 0 Å². The number of benzene rings is 1. The van der Waals surface area contributed by atoms with Crippen molar-refractivity contribution in [2.45, 2.75) is 25.7 Å². The van der Waals surface area contributed by atoms with Gasteiger partial charge in [0.15, 0.2) is 0 Å². The Morgan fingerprint density at radius 1 is 1.27 bits per heavy atom. The maximum absolute atomic E-state index is 11.2. The quantitative estimate of drug-likeness (QED) is 0.724. The SMILES string of the molecule is CNC(=O)Nc1cccc2c1CCCC2. The highest BCUT2D eigenvalue weighted by molar-refractivity contribution is 5.90. The van der Waals surface area contributed by atoms with E-state index in [0.717, 1.165) is 18.5 Å². The summed E-state index contributed by atoms with van der Waals surface area (Å²) >= 11 is 0. The molecular formula is C12H16N2O. The van der Waals surface area contributed by atoms with Crippen molar-refractivity contribution in [3.63, 3.8) is 0 Å². The van der Waals surface area contributed by atoms with E-state index in [1.54, 1.807) is 7.05 Å². The van der Waals surface area contributed by atoms with Gasteiger partial charge in [0, 0.05) is 12.7 Å². The Morgan fingerprint density at radius 3 is 2.87 bits per heavy atom. The van der Waals surface area contributed by atoms with Crippen LogP contribution in [-0.2, 0) is 12.8 Å². The van der Waals surface area contributed by atoms with Crippen LogP contribution in [-0.4, -0.2) is 13.1 Å². The molecule has 1 aromatic rings. The normalized spacial score (nSPS) is 14.2. The molecule has 0 fully saturated rings. The average molecular weight is 204 g/mol. The summed E-state index contributed by atoms with van der Waals surface area (Å²) < 4.78 is 0. The van der Waals surface area contributed by atoms with Crippen molar-refractivity contribution in [3.05, 3.63) is 29.3 Å². The van der Waals surface area contributed by atoms with Gasteiger partial charge in [0.2, 0.25) is 0 Å². The summed E-state index contributed by atoms with van der Waals surface area (Å²) in [5.41, 5.74) is 3.66. The van der Waals surface area contributed by atoms with E-state index < -0.39 is 0 Å². The van der Waals surface area contributed by atoms with Crippen LogP contribution in [0.2, 0.25) is 0 Å². The molecule has 0 aliphatic heterocycles. The zero-order valence-electron chi connectivity index (χ0n) is 8.97. The van der Waals surface area contributed by atoms with E-state index >= 15 is 0 Å². The summed E-state index contributed by atoms with van der Waals surface area (Å²) in [6.45, 7) is 0. The molecule has 0 spiro atoms. The summed E-state index contributed by atoms with van der Waals surface area (Å²) in [6, 6.07) is 5.99. The second-order valence-corrected chi connectivity index (χ2v) is 3.85. The molecule has 0 heterocycles. The van der Waals surface area contributed by atoms with Crippen LogP contribution in [0.25, 0.3) is 0 Å². The van der Waals surface area contributed by atoms with Crippen molar-refractivity contribution in [1.82, 2.24) is 5.32 Å². The Bertz CT molecular complexity index is 374. The number of anilines is 1. The maximum Gasteiger partial charge on any atom is 0.318 e. The fraction of sp³-hybridized carbons (Fsp3) is 0.417. The van der Waals surface area contributed by atoms with E-state index in [9.17, 15) is 4.79 Å². The lowest BCUT2D eigenvalue weighted by molar-refractivity contribution is 0.254. The molecule has 0 aromatic heterocycles. The van der Waals surface area contributed by atoms with Gasteiger partial charge in [0.25, 0.3) is 0 Å². The fourth-order valence-electron chi connectivity index (χ4n) is 2.08. The van der Waals surface area contributed by atoms with Crippen molar-refractivity contribution < 1.29 is 4.79 Å². The molecule has 3 nitrogen and oxygen atoms in total. The predicted octanol–water partition coefficient (Wildman–Crippen LogP) is 2.32. The number of fused-ring (bicyclic) bond motifs is 1. The molecule has 2 rings (SSSR count). The third kappa shape index (κ3) is 2.12. The Kier molecular flexibility index (Phi) is 2.90. The van der Waals surface area contributed by atoms with Crippen molar-refractivity contribution in [1.29, 1.82) is 0 Å². The van der Waals surface area contributed by atoms with Crippen molar-refractivity contribution in [2.24, 2.45) is 0 Å². The first kappa shape index (κ1) is 10.0. The van der Waals surface area contributed by atoms with E-state index in [1.807, 2.05) is 12.1 Å². The zero-order chi connectivity index (χ0) is 10.7. The van der Waals surface area contributed by atoms with E-state index in [0.29, 0.717) is 0 Å². The van der Waals surface area contributed by atoms with Gasteiger partial charge in [0.05, 0.1) is 0 Å². The molecule has 1 aliphatic rings. The van der Waals surface area contributed by atoms with Gasteiger partial charge in [-0.2, -0.15) is 0 Å². The third-order valence-corrected chi connectivity index (χ3v) is 2.87. The topological polar surface area (TPSA) is 41.1 Å². The highest BCUT2D eigenvalue weighted by atomic mass is 16.2. The van der Waals surface area contributed by atoms with Gasteiger partial charge < -0.3 is 10.6 Å². The molecule has 0 atom stereocenters. The second kappa shape index (κ2) is 4.34. The summed E-state index contributed by atoms with van der Waals surface area (Å²) in [7, 11) is 1.63. The number of hydrogen-bond donors (Lipinski definition) is 2. The molecule has 0 saturated heterocycles.